The van der Waals surface area contributed by atoms with Crippen molar-refractivity contribution in [2.24, 2.45) is 5.73 Å². The Labute approximate surface area is 120 Å². The molecule has 0 aromatic carbocycles. The highest BCUT2D eigenvalue weighted by Gasteiger charge is 2.20. The number of nitrogens with two attached hydrogens (primary N) is 1. The first-order valence-electron chi connectivity index (χ1n) is 6.92. The maximum absolute atomic E-state index is 11.9. The quantitative estimate of drug-likeness (QED) is 0.869. The van der Waals surface area contributed by atoms with Crippen LogP contribution in [-0.2, 0) is 11.2 Å². The van der Waals surface area contributed by atoms with E-state index >= 15 is 0 Å². The molecule has 3 nitrogen and oxygen atoms in total. The van der Waals surface area contributed by atoms with Crippen molar-refractivity contribution in [1.82, 2.24) is 0 Å². The van der Waals surface area contributed by atoms with E-state index in [0.29, 0.717) is 18.0 Å². The molecule has 0 aromatic rings. The predicted molar refractivity (Wildman–Crippen MR) is 81.3 cm³/mol. The highest BCUT2D eigenvalue weighted by atomic mass is 16.5. The van der Waals surface area contributed by atoms with Crippen molar-refractivity contribution in [3.63, 3.8) is 0 Å². The molecule has 0 aromatic heterocycles. The molecule has 0 saturated carbocycles. The molecule has 0 saturated heterocycles. The van der Waals surface area contributed by atoms with Crippen molar-refractivity contribution >= 4 is 5.97 Å². The first-order chi connectivity index (χ1) is 9.58. The fraction of sp³-hybridized carbons (Fsp3) is 0.353. The van der Waals surface area contributed by atoms with Crippen LogP contribution >= 0.6 is 0 Å². The van der Waals surface area contributed by atoms with Gasteiger partial charge in [-0.1, -0.05) is 38.1 Å². The zero-order valence-electron chi connectivity index (χ0n) is 12.3. The van der Waals surface area contributed by atoms with Gasteiger partial charge in [0.1, 0.15) is 0 Å². The van der Waals surface area contributed by atoms with Gasteiger partial charge in [-0.15, -0.1) is 0 Å². The molecule has 0 unspecified atom stereocenters. The van der Waals surface area contributed by atoms with Crippen molar-refractivity contribution < 1.29 is 9.53 Å². The lowest BCUT2D eigenvalue weighted by molar-refractivity contribution is 0.0602. The molecule has 106 valence electrons. The van der Waals surface area contributed by atoms with E-state index in [0.717, 1.165) is 23.1 Å². The summed E-state index contributed by atoms with van der Waals surface area (Å²) in [6, 6.07) is 10.2. The Morgan fingerprint density at radius 2 is 1.85 bits per heavy atom. The molecule has 0 aliphatic heterocycles. The molecule has 20 heavy (non-hydrogen) atoms. The van der Waals surface area contributed by atoms with Gasteiger partial charge in [0.05, 0.1) is 12.7 Å². The summed E-state index contributed by atoms with van der Waals surface area (Å²) >= 11 is 0. The van der Waals surface area contributed by atoms with E-state index in [9.17, 15) is 4.79 Å². The van der Waals surface area contributed by atoms with Crippen LogP contribution in [0.4, 0.5) is 0 Å². The van der Waals surface area contributed by atoms with E-state index in [-0.39, 0.29) is 5.97 Å². The summed E-state index contributed by atoms with van der Waals surface area (Å²) in [6.45, 7) is 4.87. The third kappa shape index (κ3) is 2.68. The maximum atomic E-state index is 11.9. The molecule has 2 aliphatic carbocycles. The third-order valence-electron chi connectivity index (χ3n) is 3.62. The molecule has 2 N–H and O–H groups in total. The first-order valence-corrected chi connectivity index (χ1v) is 6.92. The zero-order valence-corrected chi connectivity index (χ0v) is 12.3. The number of hydrogen-bond donors (Lipinski definition) is 1. The fourth-order valence-corrected chi connectivity index (χ4v) is 2.46. The van der Waals surface area contributed by atoms with Crippen LogP contribution in [-0.4, -0.2) is 19.6 Å². The number of hydrogen-bond acceptors (Lipinski definition) is 3. The minimum Gasteiger partial charge on any atom is -0.465 e. The van der Waals surface area contributed by atoms with Gasteiger partial charge < -0.3 is 10.5 Å². The van der Waals surface area contributed by atoms with Crippen molar-refractivity contribution in [1.29, 1.82) is 0 Å². The van der Waals surface area contributed by atoms with E-state index in [4.69, 9.17) is 10.5 Å². The Morgan fingerprint density at radius 1 is 1.20 bits per heavy atom. The number of methoxy groups -OCH3 is 1. The number of rotatable bonds is 4. The Hall–Kier alpha value is -1.87. The molecular formula is C17H21NO2. The average Bonchev–Trinajstić information content (AvgIpc) is 2.62. The van der Waals surface area contributed by atoms with Crippen molar-refractivity contribution in [3.05, 3.63) is 47.0 Å². The van der Waals surface area contributed by atoms with Crippen molar-refractivity contribution in [2.75, 3.05) is 13.7 Å². The molecule has 0 atom stereocenters. The van der Waals surface area contributed by atoms with Crippen LogP contribution in [0.5, 0.6) is 0 Å². The van der Waals surface area contributed by atoms with Gasteiger partial charge in [-0.2, -0.15) is 0 Å². The number of carbonyl (C=O) groups excluding carboxylic acids is 1. The SMILES string of the molecule is COC(=O)c1cc(CCN)c2ccc(C(C)C)ccc1-2. The molecule has 2 aliphatic rings. The summed E-state index contributed by atoms with van der Waals surface area (Å²) < 4.78 is 4.87. The lowest BCUT2D eigenvalue weighted by Gasteiger charge is -2.00. The van der Waals surface area contributed by atoms with Gasteiger partial charge in [0.25, 0.3) is 0 Å². The average molecular weight is 271 g/mol. The summed E-state index contributed by atoms with van der Waals surface area (Å²) in [4.78, 5) is 11.9. The molecule has 0 fully saturated rings. The normalized spacial score (nSPS) is 11.1. The van der Waals surface area contributed by atoms with E-state index < -0.39 is 0 Å². The van der Waals surface area contributed by atoms with Crippen molar-refractivity contribution in [3.8, 4) is 11.1 Å². The molecule has 0 heterocycles. The Bertz CT molecular complexity index is 590. The Morgan fingerprint density at radius 3 is 2.40 bits per heavy atom. The Balaban J connectivity index is 2.62. The summed E-state index contributed by atoms with van der Waals surface area (Å²) in [7, 11) is 1.41. The van der Waals surface area contributed by atoms with Crippen molar-refractivity contribution in [2.45, 2.75) is 26.2 Å². The third-order valence-corrected chi connectivity index (χ3v) is 3.62. The van der Waals surface area contributed by atoms with Gasteiger partial charge in [0.2, 0.25) is 0 Å². The number of carbonyl (C=O) groups is 1. The molecule has 0 amide bonds. The van der Waals surface area contributed by atoms with Gasteiger partial charge in [-0.05, 0) is 47.2 Å². The topological polar surface area (TPSA) is 52.3 Å². The van der Waals surface area contributed by atoms with Crippen LogP contribution in [0.2, 0.25) is 0 Å². The molecule has 0 spiro atoms. The monoisotopic (exact) mass is 271 g/mol. The molecule has 0 bridgehead atoms. The van der Waals surface area contributed by atoms with Gasteiger partial charge in [0.15, 0.2) is 0 Å². The highest BCUT2D eigenvalue weighted by molar-refractivity contribution is 6.00. The molecule has 3 heteroatoms. The van der Waals surface area contributed by atoms with E-state index in [1.165, 1.54) is 12.7 Å². The van der Waals surface area contributed by atoms with Crippen LogP contribution < -0.4 is 5.73 Å². The number of esters is 1. The Kier molecular flexibility index (Phi) is 4.40. The number of fused-ring (bicyclic) bond motifs is 1. The van der Waals surface area contributed by atoms with Gasteiger partial charge in [-0.3, -0.25) is 0 Å². The smallest absolute Gasteiger partial charge is 0.338 e. The van der Waals surface area contributed by atoms with Crippen LogP contribution in [0.3, 0.4) is 0 Å². The van der Waals surface area contributed by atoms with Crippen LogP contribution in [0, 0.1) is 0 Å². The summed E-state index contributed by atoms with van der Waals surface area (Å²) in [6.07, 6.45) is 0.758. The summed E-state index contributed by atoms with van der Waals surface area (Å²) in [5, 5.41) is 0. The number of ether oxygens (including phenoxy) is 1. The largest absolute Gasteiger partial charge is 0.465 e. The second kappa shape index (κ2) is 6.06. The summed E-state index contributed by atoms with van der Waals surface area (Å²) in [5.74, 6) is 0.154. The zero-order chi connectivity index (χ0) is 14.7. The van der Waals surface area contributed by atoms with Gasteiger partial charge in [0, 0.05) is 0 Å². The predicted octanol–water partition coefficient (Wildman–Crippen LogP) is 3.20. The van der Waals surface area contributed by atoms with Gasteiger partial charge in [-0.25, -0.2) is 4.79 Å². The lowest BCUT2D eigenvalue weighted by Crippen LogP contribution is -2.02. The van der Waals surface area contributed by atoms with Gasteiger partial charge >= 0.3 is 5.97 Å². The van der Waals surface area contributed by atoms with E-state index in [1.807, 2.05) is 12.1 Å². The second-order valence-corrected chi connectivity index (χ2v) is 5.26. The van der Waals surface area contributed by atoms with E-state index in [2.05, 4.69) is 32.0 Å². The first kappa shape index (κ1) is 14.5. The second-order valence-electron chi connectivity index (χ2n) is 5.26. The standard InChI is InChI=1S/C17H21NO2/c1-11(2)12-4-6-14-13(8-9-18)10-16(17(19)20-3)15(14)7-5-12/h4-7,10-11H,8-9,18H2,1-3H3. The van der Waals surface area contributed by atoms with Crippen LogP contribution in [0.1, 0.15) is 41.3 Å². The minimum absolute atomic E-state index is 0.296. The lowest BCUT2D eigenvalue weighted by atomic mass is 10.1. The van der Waals surface area contributed by atoms with E-state index in [1.54, 1.807) is 0 Å². The van der Waals surface area contributed by atoms with Crippen LogP contribution in [0.25, 0.3) is 11.1 Å². The van der Waals surface area contributed by atoms with Crippen LogP contribution in [0.15, 0.2) is 30.3 Å². The molecule has 0 radical (unpaired) electrons. The minimum atomic E-state index is -0.296. The highest BCUT2D eigenvalue weighted by Crippen LogP contribution is 2.33. The molecular weight excluding hydrogens is 250 g/mol. The fourth-order valence-electron chi connectivity index (χ4n) is 2.46. The summed E-state index contributed by atoms with van der Waals surface area (Å²) in [5.41, 5.74) is 10.7. The molecule has 2 rings (SSSR count). The maximum Gasteiger partial charge on any atom is 0.338 e.